The molecule has 0 saturated carbocycles. The molecule has 0 spiro atoms. The summed E-state index contributed by atoms with van der Waals surface area (Å²) >= 11 is 0. The van der Waals surface area contributed by atoms with Gasteiger partial charge in [-0.15, -0.1) is 5.10 Å². The van der Waals surface area contributed by atoms with E-state index in [1.165, 1.54) is 0 Å². The highest BCUT2D eigenvalue weighted by Crippen LogP contribution is 2.33. The Kier molecular flexibility index (Phi) is 4.85. The van der Waals surface area contributed by atoms with Crippen LogP contribution in [0.2, 0.25) is 0 Å². The van der Waals surface area contributed by atoms with Gasteiger partial charge in [0.15, 0.2) is 5.82 Å². The molecular formula is C18H26N4O3. The minimum atomic E-state index is -0.0973. The number of anilines is 1. The van der Waals surface area contributed by atoms with E-state index < -0.39 is 0 Å². The summed E-state index contributed by atoms with van der Waals surface area (Å²) in [6.07, 6.45) is 4.20. The van der Waals surface area contributed by atoms with Crippen LogP contribution in [0, 0.1) is 6.92 Å². The maximum atomic E-state index is 12.3. The van der Waals surface area contributed by atoms with E-state index in [0.29, 0.717) is 6.54 Å². The van der Waals surface area contributed by atoms with Gasteiger partial charge < -0.3 is 19.3 Å². The van der Waals surface area contributed by atoms with E-state index in [-0.39, 0.29) is 30.8 Å². The van der Waals surface area contributed by atoms with Gasteiger partial charge in [-0.2, -0.15) is 5.10 Å². The van der Waals surface area contributed by atoms with Gasteiger partial charge in [0.05, 0.1) is 11.7 Å². The number of nitrogens with zero attached hydrogens (tertiary/aromatic N) is 4. The minimum absolute atomic E-state index is 0.00299. The number of likely N-dealkylation sites (tertiary alicyclic amines) is 1. The lowest BCUT2D eigenvalue weighted by molar-refractivity contribution is -0.140. The quantitative estimate of drug-likeness (QED) is 0.815. The lowest BCUT2D eigenvalue weighted by atomic mass is 10.0. The van der Waals surface area contributed by atoms with Gasteiger partial charge in [-0.1, -0.05) is 0 Å². The average molecular weight is 346 g/mol. The lowest BCUT2D eigenvalue weighted by Crippen LogP contribution is -2.43. The monoisotopic (exact) mass is 346 g/mol. The molecule has 0 radical (unpaired) electrons. The predicted octanol–water partition coefficient (Wildman–Crippen LogP) is 1.16. The maximum Gasteiger partial charge on any atom is 0.248 e. The van der Waals surface area contributed by atoms with Crippen LogP contribution in [-0.2, 0) is 14.3 Å². The number of ether oxygens (including phenoxy) is 2. The number of amides is 1. The third-order valence-corrected chi connectivity index (χ3v) is 5.43. The molecule has 1 amide bonds. The summed E-state index contributed by atoms with van der Waals surface area (Å²) in [4.78, 5) is 16.4. The highest BCUT2D eigenvalue weighted by atomic mass is 16.5. The molecule has 3 saturated heterocycles. The van der Waals surface area contributed by atoms with Crippen LogP contribution in [0.15, 0.2) is 12.1 Å². The molecule has 3 fully saturated rings. The molecule has 1 aromatic heterocycles. The van der Waals surface area contributed by atoms with Gasteiger partial charge in [0.2, 0.25) is 5.91 Å². The van der Waals surface area contributed by atoms with Gasteiger partial charge in [0.1, 0.15) is 18.8 Å². The molecule has 0 unspecified atom stereocenters. The van der Waals surface area contributed by atoms with Crippen LogP contribution in [0.4, 0.5) is 5.82 Å². The highest BCUT2D eigenvalue weighted by Gasteiger charge is 2.45. The van der Waals surface area contributed by atoms with Gasteiger partial charge in [-0.05, 0) is 44.7 Å². The zero-order valence-corrected chi connectivity index (χ0v) is 14.8. The first-order valence-electron chi connectivity index (χ1n) is 9.30. The average Bonchev–Trinajstić information content (AvgIpc) is 3.29. The van der Waals surface area contributed by atoms with Gasteiger partial charge in [0, 0.05) is 26.2 Å². The van der Waals surface area contributed by atoms with Crippen molar-refractivity contribution < 1.29 is 14.3 Å². The van der Waals surface area contributed by atoms with E-state index >= 15 is 0 Å². The van der Waals surface area contributed by atoms with Gasteiger partial charge >= 0.3 is 0 Å². The van der Waals surface area contributed by atoms with Crippen molar-refractivity contribution in [1.29, 1.82) is 0 Å². The number of aryl methyl sites for hydroxylation is 1. The van der Waals surface area contributed by atoms with Crippen LogP contribution in [0.3, 0.4) is 0 Å². The third kappa shape index (κ3) is 3.48. The SMILES string of the molecule is Cc1ccc(N2C[C@@H](OCC(=O)N3CCCC3)[C@H]3OCCC[C@H]32)nn1. The molecule has 0 bridgehead atoms. The minimum Gasteiger partial charge on any atom is -0.373 e. The lowest BCUT2D eigenvalue weighted by Gasteiger charge is -2.32. The third-order valence-electron chi connectivity index (χ3n) is 5.43. The van der Waals surface area contributed by atoms with E-state index in [1.807, 2.05) is 24.0 Å². The van der Waals surface area contributed by atoms with Crippen LogP contribution in [0.5, 0.6) is 0 Å². The van der Waals surface area contributed by atoms with Crippen LogP contribution >= 0.6 is 0 Å². The molecule has 3 aliphatic heterocycles. The number of carbonyl (C=O) groups excluding carboxylic acids is 1. The Labute approximate surface area is 148 Å². The van der Waals surface area contributed by atoms with Crippen LogP contribution in [0.1, 0.15) is 31.4 Å². The van der Waals surface area contributed by atoms with Crippen LogP contribution in [-0.4, -0.2) is 72.1 Å². The second-order valence-electron chi connectivity index (χ2n) is 7.17. The molecule has 7 nitrogen and oxygen atoms in total. The summed E-state index contributed by atoms with van der Waals surface area (Å²) in [5.41, 5.74) is 0.906. The summed E-state index contributed by atoms with van der Waals surface area (Å²) in [7, 11) is 0. The Morgan fingerprint density at radius 1 is 1.28 bits per heavy atom. The maximum absolute atomic E-state index is 12.3. The molecule has 0 aliphatic carbocycles. The Morgan fingerprint density at radius 3 is 2.88 bits per heavy atom. The Hall–Kier alpha value is -1.73. The van der Waals surface area contributed by atoms with Crippen molar-refractivity contribution in [3.8, 4) is 0 Å². The number of carbonyl (C=O) groups is 1. The number of hydrogen-bond acceptors (Lipinski definition) is 6. The molecule has 25 heavy (non-hydrogen) atoms. The summed E-state index contributed by atoms with van der Waals surface area (Å²) in [5, 5.41) is 8.51. The van der Waals surface area contributed by atoms with Gasteiger partial charge in [-0.25, -0.2) is 0 Å². The number of aromatic nitrogens is 2. The smallest absolute Gasteiger partial charge is 0.248 e. The summed E-state index contributed by atoms with van der Waals surface area (Å²) < 4.78 is 12.0. The predicted molar refractivity (Wildman–Crippen MR) is 92.4 cm³/mol. The zero-order chi connectivity index (χ0) is 17.2. The molecule has 1 aromatic rings. The van der Waals surface area contributed by atoms with Crippen molar-refractivity contribution in [3.05, 3.63) is 17.8 Å². The summed E-state index contributed by atoms with van der Waals surface area (Å²) in [6.45, 7) is 5.25. The molecule has 136 valence electrons. The molecule has 3 aliphatic rings. The van der Waals surface area contributed by atoms with Crippen molar-refractivity contribution in [2.24, 2.45) is 0 Å². The fourth-order valence-corrected chi connectivity index (χ4v) is 4.10. The van der Waals surface area contributed by atoms with Crippen molar-refractivity contribution in [2.75, 3.05) is 37.7 Å². The molecule has 3 atom stereocenters. The van der Waals surface area contributed by atoms with Crippen molar-refractivity contribution in [1.82, 2.24) is 15.1 Å². The molecule has 4 heterocycles. The first kappa shape index (κ1) is 16.7. The van der Waals surface area contributed by atoms with Crippen molar-refractivity contribution in [2.45, 2.75) is 50.9 Å². The molecule has 7 heteroatoms. The summed E-state index contributed by atoms with van der Waals surface area (Å²) in [5.74, 6) is 0.960. The fraction of sp³-hybridized carbons (Fsp3) is 0.722. The van der Waals surface area contributed by atoms with Crippen LogP contribution < -0.4 is 4.90 Å². The Balaban J connectivity index is 1.43. The van der Waals surface area contributed by atoms with Crippen LogP contribution in [0.25, 0.3) is 0 Å². The number of hydrogen-bond donors (Lipinski definition) is 0. The molecule has 0 N–H and O–H groups in total. The van der Waals surface area contributed by atoms with Crippen molar-refractivity contribution in [3.63, 3.8) is 0 Å². The first-order valence-corrected chi connectivity index (χ1v) is 9.30. The standard InChI is InChI=1S/C18H26N4O3/c1-13-6-7-16(20-19-13)22-11-15(18-14(22)5-4-10-24-18)25-12-17(23)21-8-2-3-9-21/h6-7,14-15,18H,2-5,8-12H2,1H3/t14-,15-,18+/m1/s1. The van der Waals surface area contributed by atoms with E-state index in [2.05, 4.69) is 15.1 Å². The van der Waals surface area contributed by atoms with E-state index in [1.54, 1.807) is 0 Å². The second kappa shape index (κ2) is 7.25. The topological polar surface area (TPSA) is 67.8 Å². The Bertz CT molecular complexity index is 603. The van der Waals surface area contributed by atoms with Crippen molar-refractivity contribution >= 4 is 11.7 Å². The number of rotatable bonds is 4. The van der Waals surface area contributed by atoms with E-state index in [0.717, 1.165) is 56.9 Å². The van der Waals surface area contributed by atoms with E-state index in [9.17, 15) is 4.79 Å². The Morgan fingerprint density at radius 2 is 2.12 bits per heavy atom. The van der Waals surface area contributed by atoms with E-state index in [4.69, 9.17) is 9.47 Å². The van der Waals surface area contributed by atoms with Gasteiger partial charge in [0.25, 0.3) is 0 Å². The normalized spacial score (nSPS) is 29.1. The molecule has 0 aromatic carbocycles. The fourth-order valence-electron chi connectivity index (χ4n) is 4.10. The first-order chi connectivity index (χ1) is 12.2. The van der Waals surface area contributed by atoms with Gasteiger partial charge in [-0.3, -0.25) is 4.79 Å². The molecular weight excluding hydrogens is 320 g/mol. The highest BCUT2D eigenvalue weighted by molar-refractivity contribution is 5.77. The number of fused-ring (bicyclic) bond motifs is 1. The zero-order valence-electron chi connectivity index (χ0n) is 14.8. The largest absolute Gasteiger partial charge is 0.373 e. The molecule has 4 rings (SSSR count). The second-order valence-corrected chi connectivity index (χ2v) is 7.17. The summed E-state index contributed by atoms with van der Waals surface area (Å²) in [6, 6.07) is 4.23.